The number of amides is 2. The molecule has 0 saturated carbocycles. The number of hydrogen-bond donors (Lipinski definition) is 1. The van der Waals surface area contributed by atoms with Crippen molar-refractivity contribution in [1.82, 2.24) is 10.2 Å². The van der Waals surface area contributed by atoms with Gasteiger partial charge in [0, 0.05) is 13.1 Å². The van der Waals surface area contributed by atoms with Gasteiger partial charge in [0.05, 0.1) is 19.1 Å². The Morgan fingerprint density at radius 2 is 1.82 bits per heavy atom. The van der Waals surface area contributed by atoms with Crippen LogP contribution in [0.1, 0.15) is 32.3 Å². The van der Waals surface area contributed by atoms with E-state index in [2.05, 4.69) is 5.32 Å². The fraction of sp³-hybridized carbons (Fsp3) is 0.417. The van der Waals surface area contributed by atoms with Gasteiger partial charge in [0.1, 0.15) is 24.2 Å². The average molecular weight is 494 g/mol. The Labute approximate surface area is 200 Å². The van der Waals surface area contributed by atoms with Gasteiger partial charge in [-0.2, -0.15) is 0 Å². The number of carbonyl (C=O) groups excluding carboxylic acids is 2. The first-order valence-corrected chi connectivity index (χ1v) is 12.8. The number of methoxy groups -OCH3 is 1. The van der Waals surface area contributed by atoms with Crippen LogP contribution in [0.4, 0.5) is 10.1 Å². The van der Waals surface area contributed by atoms with E-state index in [1.807, 2.05) is 6.92 Å². The predicted molar refractivity (Wildman–Crippen MR) is 130 cm³/mol. The SMILES string of the molecule is CCCCNC(=O)C(C)N(Cc1cccc(OC)c1)C(=O)CN(c1ccc(F)cc1)S(C)(=O)=O. The van der Waals surface area contributed by atoms with Crippen molar-refractivity contribution in [3.63, 3.8) is 0 Å². The van der Waals surface area contributed by atoms with E-state index in [1.165, 1.54) is 24.1 Å². The summed E-state index contributed by atoms with van der Waals surface area (Å²) in [4.78, 5) is 27.5. The molecule has 0 bridgehead atoms. The highest BCUT2D eigenvalue weighted by Gasteiger charge is 2.30. The maximum Gasteiger partial charge on any atom is 0.244 e. The van der Waals surface area contributed by atoms with Crippen LogP contribution < -0.4 is 14.4 Å². The Bertz CT molecular complexity index is 1080. The molecule has 0 radical (unpaired) electrons. The molecule has 0 spiro atoms. The highest BCUT2D eigenvalue weighted by Crippen LogP contribution is 2.20. The van der Waals surface area contributed by atoms with Gasteiger partial charge in [-0.25, -0.2) is 12.8 Å². The summed E-state index contributed by atoms with van der Waals surface area (Å²) in [5, 5.41) is 2.82. The molecule has 0 saturated heterocycles. The molecule has 0 aliphatic heterocycles. The van der Waals surface area contributed by atoms with Gasteiger partial charge in [-0.1, -0.05) is 25.5 Å². The van der Waals surface area contributed by atoms with Crippen LogP contribution in [-0.2, 0) is 26.2 Å². The zero-order valence-corrected chi connectivity index (χ0v) is 20.8. The molecule has 10 heteroatoms. The van der Waals surface area contributed by atoms with Crippen molar-refractivity contribution in [3.8, 4) is 5.75 Å². The van der Waals surface area contributed by atoms with Crippen LogP contribution >= 0.6 is 0 Å². The molecule has 2 aromatic carbocycles. The number of ether oxygens (including phenoxy) is 1. The van der Waals surface area contributed by atoms with Crippen LogP contribution in [0.5, 0.6) is 5.75 Å². The van der Waals surface area contributed by atoms with Gasteiger partial charge in [0.2, 0.25) is 21.8 Å². The Hall–Kier alpha value is -3.14. The number of rotatable bonds is 12. The summed E-state index contributed by atoms with van der Waals surface area (Å²) in [6.07, 6.45) is 2.67. The summed E-state index contributed by atoms with van der Waals surface area (Å²) in [5.74, 6) is -0.845. The monoisotopic (exact) mass is 493 g/mol. The molecule has 1 unspecified atom stereocenters. The number of hydrogen-bond acceptors (Lipinski definition) is 5. The number of nitrogens with one attached hydrogen (secondary N) is 1. The van der Waals surface area contributed by atoms with Crippen LogP contribution in [0.3, 0.4) is 0 Å². The first-order valence-electron chi connectivity index (χ1n) is 11.0. The summed E-state index contributed by atoms with van der Waals surface area (Å²) in [7, 11) is -2.34. The standard InChI is InChI=1S/C24H32FN3O5S/c1-5-6-14-26-24(30)18(2)27(16-19-8-7-9-22(15-19)33-3)23(29)17-28(34(4,31)32)21-12-10-20(25)11-13-21/h7-13,15,18H,5-6,14,16-17H2,1-4H3,(H,26,30). The maximum atomic E-state index is 13.4. The molecule has 2 aromatic rings. The van der Waals surface area contributed by atoms with Crippen molar-refractivity contribution < 1.29 is 27.1 Å². The number of anilines is 1. The quantitative estimate of drug-likeness (QED) is 0.459. The third-order valence-corrected chi connectivity index (χ3v) is 6.42. The van der Waals surface area contributed by atoms with Crippen molar-refractivity contribution >= 4 is 27.5 Å². The van der Waals surface area contributed by atoms with Crippen LogP contribution in [-0.4, -0.2) is 57.6 Å². The first kappa shape index (κ1) is 27.1. The van der Waals surface area contributed by atoms with Crippen LogP contribution in [0, 0.1) is 5.82 Å². The molecular weight excluding hydrogens is 461 g/mol. The van der Waals surface area contributed by atoms with E-state index in [4.69, 9.17) is 4.74 Å². The first-order chi connectivity index (χ1) is 16.1. The number of sulfonamides is 1. The number of halogens is 1. The normalized spacial score (nSPS) is 12.0. The lowest BCUT2D eigenvalue weighted by molar-refractivity contribution is -0.139. The van der Waals surface area contributed by atoms with Gasteiger partial charge in [0.15, 0.2) is 0 Å². The third kappa shape index (κ3) is 7.72. The number of unbranched alkanes of at least 4 members (excludes halogenated alkanes) is 1. The van der Waals surface area contributed by atoms with Gasteiger partial charge in [-0.15, -0.1) is 0 Å². The van der Waals surface area contributed by atoms with Gasteiger partial charge in [0.25, 0.3) is 0 Å². The summed E-state index contributed by atoms with van der Waals surface area (Å²) < 4.78 is 44.4. The molecule has 34 heavy (non-hydrogen) atoms. The van der Waals surface area contributed by atoms with E-state index in [9.17, 15) is 22.4 Å². The van der Waals surface area contributed by atoms with Gasteiger partial charge in [-0.3, -0.25) is 13.9 Å². The fourth-order valence-electron chi connectivity index (χ4n) is 3.31. The van der Waals surface area contributed by atoms with Crippen LogP contribution in [0.2, 0.25) is 0 Å². The van der Waals surface area contributed by atoms with Crippen LogP contribution in [0.25, 0.3) is 0 Å². The lowest BCUT2D eigenvalue weighted by Crippen LogP contribution is -2.51. The number of benzene rings is 2. The molecule has 2 rings (SSSR count). The largest absolute Gasteiger partial charge is 0.497 e. The Morgan fingerprint density at radius 3 is 2.41 bits per heavy atom. The molecule has 1 atom stereocenters. The Morgan fingerprint density at radius 1 is 1.15 bits per heavy atom. The molecule has 2 amide bonds. The third-order valence-electron chi connectivity index (χ3n) is 5.28. The summed E-state index contributed by atoms with van der Waals surface area (Å²) in [5.41, 5.74) is 0.868. The lowest BCUT2D eigenvalue weighted by Gasteiger charge is -2.31. The van der Waals surface area contributed by atoms with E-state index in [1.54, 1.807) is 31.2 Å². The summed E-state index contributed by atoms with van der Waals surface area (Å²) >= 11 is 0. The molecule has 0 aliphatic carbocycles. The van der Waals surface area contributed by atoms with E-state index in [0.717, 1.165) is 35.5 Å². The molecule has 0 heterocycles. The minimum Gasteiger partial charge on any atom is -0.497 e. The lowest BCUT2D eigenvalue weighted by atomic mass is 10.1. The Kier molecular flexibility index (Phi) is 9.85. The van der Waals surface area contributed by atoms with E-state index < -0.39 is 34.3 Å². The molecular formula is C24H32FN3O5S. The highest BCUT2D eigenvalue weighted by molar-refractivity contribution is 7.92. The molecule has 0 fully saturated rings. The van der Waals surface area contributed by atoms with Gasteiger partial charge >= 0.3 is 0 Å². The smallest absolute Gasteiger partial charge is 0.244 e. The van der Waals surface area contributed by atoms with Gasteiger partial charge < -0.3 is 15.0 Å². The second kappa shape index (κ2) is 12.4. The highest BCUT2D eigenvalue weighted by atomic mass is 32.2. The molecule has 0 aliphatic rings. The minimum absolute atomic E-state index is 0.0689. The summed E-state index contributed by atoms with van der Waals surface area (Å²) in [6, 6.07) is 11.0. The van der Waals surface area contributed by atoms with Crippen molar-refractivity contribution in [2.24, 2.45) is 0 Å². The second-order valence-electron chi connectivity index (χ2n) is 7.94. The maximum absolute atomic E-state index is 13.4. The minimum atomic E-state index is -3.86. The number of carbonyl (C=O) groups is 2. The van der Waals surface area contributed by atoms with Crippen molar-refractivity contribution in [2.45, 2.75) is 39.3 Å². The van der Waals surface area contributed by atoms with Crippen molar-refractivity contribution in [2.75, 3.05) is 30.8 Å². The molecule has 0 aromatic heterocycles. The molecule has 8 nitrogen and oxygen atoms in total. The van der Waals surface area contributed by atoms with Crippen molar-refractivity contribution in [1.29, 1.82) is 0 Å². The van der Waals surface area contributed by atoms with Crippen LogP contribution in [0.15, 0.2) is 48.5 Å². The zero-order valence-electron chi connectivity index (χ0n) is 20.0. The molecule has 1 N–H and O–H groups in total. The number of nitrogens with zero attached hydrogens (tertiary/aromatic N) is 2. The van der Waals surface area contributed by atoms with Crippen molar-refractivity contribution in [3.05, 3.63) is 59.9 Å². The fourth-order valence-corrected chi connectivity index (χ4v) is 4.16. The van der Waals surface area contributed by atoms with E-state index >= 15 is 0 Å². The zero-order chi connectivity index (χ0) is 25.3. The topological polar surface area (TPSA) is 96.0 Å². The van der Waals surface area contributed by atoms with Gasteiger partial charge in [-0.05, 0) is 55.3 Å². The van der Waals surface area contributed by atoms with E-state index in [0.29, 0.717) is 17.9 Å². The Balaban J connectivity index is 2.35. The summed E-state index contributed by atoms with van der Waals surface area (Å²) in [6.45, 7) is 3.61. The van der Waals surface area contributed by atoms with E-state index in [-0.39, 0.29) is 18.1 Å². The second-order valence-corrected chi connectivity index (χ2v) is 9.85. The predicted octanol–water partition coefficient (Wildman–Crippen LogP) is 2.93. The average Bonchev–Trinajstić information content (AvgIpc) is 2.80. The molecule has 186 valence electrons.